The van der Waals surface area contributed by atoms with Gasteiger partial charge in [-0.2, -0.15) is 8.78 Å². The van der Waals surface area contributed by atoms with E-state index >= 15 is 0 Å². The molecule has 0 heterocycles. The van der Waals surface area contributed by atoms with Crippen molar-refractivity contribution in [3.8, 4) is 0 Å². The molecule has 0 aromatic heterocycles. The quantitative estimate of drug-likeness (QED) is 0.344. The number of alkyl halides is 2. The third kappa shape index (κ3) is 3.04. The van der Waals surface area contributed by atoms with Gasteiger partial charge >= 0.3 is 5.92 Å². The molecule has 0 amide bonds. The third-order valence-electron chi connectivity index (χ3n) is 5.94. The van der Waals surface area contributed by atoms with Crippen LogP contribution in [-0.2, 0) is 0 Å². The molecule has 0 bridgehead atoms. The molecule has 130 valence electrons. The fourth-order valence-electron chi connectivity index (χ4n) is 4.60. The highest BCUT2D eigenvalue weighted by molar-refractivity contribution is 5.36. The summed E-state index contributed by atoms with van der Waals surface area (Å²) >= 11 is 0. The van der Waals surface area contributed by atoms with Crippen molar-refractivity contribution >= 4 is 0 Å². The average molecular weight is 326 g/mol. The minimum absolute atomic E-state index is 0.577. The van der Waals surface area contributed by atoms with Crippen LogP contribution in [0.15, 0.2) is 36.7 Å². The Labute approximate surface area is 138 Å². The smallest absolute Gasteiger partial charge is 0.205 e. The predicted molar refractivity (Wildman–Crippen MR) is 90.2 cm³/mol. The van der Waals surface area contributed by atoms with Gasteiger partial charge in [-0.05, 0) is 30.8 Å². The molecule has 2 aliphatic rings. The topological polar surface area (TPSA) is 0 Å². The Morgan fingerprint density at radius 2 is 1.83 bits per heavy atom. The van der Waals surface area contributed by atoms with E-state index in [2.05, 4.69) is 13.5 Å². The lowest BCUT2D eigenvalue weighted by Crippen LogP contribution is -2.53. The molecule has 0 radical (unpaired) electrons. The molecule has 0 spiro atoms. The van der Waals surface area contributed by atoms with Crippen LogP contribution in [-0.4, -0.2) is 5.92 Å². The van der Waals surface area contributed by atoms with Crippen LogP contribution in [0.1, 0.15) is 71.1 Å². The summed E-state index contributed by atoms with van der Waals surface area (Å²) in [5, 5.41) is 0. The first-order chi connectivity index (χ1) is 11.0. The van der Waals surface area contributed by atoms with Gasteiger partial charge in [-0.15, -0.1) is 6.58 Å². The molecular formula is C20H29F3. The summed E-state index contributed by atoms with van der Waals surface area (Å²) in [4.78, 5) is 0. The molecule has 1 atom stereocenters. The lowest BCUT2D eigenvalue weighted by molar-refractivity contribution is -0.134. The van der Waals surface area contributed by atoms with Crippen LogP contribution >= 0.6 is 0 Å². The molecule has 1 fully saturated rings. The van der Waals surface area contributed by atoms with Crippen LogP contribution in [0.5, 0.6) is 0 Å². The van der Waals surface area contributed by atoms with Gasteiger partial charge in [-0.1, -0.05) is 70.1 Å². The molecule has 0 N–H and O–H groups in total. The Morgan fingerprint density at radius 1 is 1.13 bits per heavy atom. The maximum Gasteiger partial charge on any atom is 0.311 e. The zero-order valence-corrected chi connectivity index (χ0v) is 14.2. The number of hydrogen-bond acceptors (Lipinski definition) is 0. The highest BCUT2D eigenvalue weighted by Gasteiger charge is 2.64. The van der Waals surface area contributed by atoms with Crippen molar-refractivity contribution in [2.24, 2.45) is 10.8 Å². The molecule has 0 aromatic carbocycles. The molecular weight excluding hydrogens is 297 g/mol. The number of allylic oxidation sites excluding steroid dienone is 5. The molecule has 3 heteroatoms. The van der Waals surface area contributed by atoms with Gasteiger partial charge < -0.3 is 0 Å². The van der Waals surface area contributed by atoms with Crippen molar-refractivity contribution in [1.29, 1.82) is 0 Å². The average Bonchev–Trinajstić information content (AvgIpc) is 2.55. The number of rotatable bonds is 7. The maximum absolute atomic E-state index is 15.0. The Balaban J connectivity index is 2.37. The second-order valence-electron chi connectivity index (χ2n) is 7.17. The molecule has 1 saturated carbocycles. The number of hydrogen-bond donors (Lipinski definition) is 0. The van der Waals surface area contributed by atoms with Crippen molar-refractivity contribution in [2.45, 2.75) is 77.1 Å². The fraction of sp³-hybridized carbons (Fsp3) is 0.700. The highest BCUT2D eigenvalue weighted by atomic mass is 19.3. The van der Waals surface area contributed by atoms with Crippen LogP contribution in [0.2, 0.25) is 0 Å². The van der Waals surface area contributed by atoms with Crippen LogP contribution in [0.25, 0.3) is 0 Å². The van der Waals surface area contributed by atoms with E-state index in [4.69, 9.17) is 0 Å². The van der Waals surface area contributed by atoms with E-state index in [0.717, 1.165) is 70.3 Å². The molecule has 0 saturated heterocycles. The van der Waals surface area contributed by atoms with Crippen LogP contribution in [0.3, 0.4) is 0 Å². The van der Waals surface area contributed by atoms with Crippen molar-refractivity contribution in [3.63, 3.8) is 0 Å². The molecule has 0 nitrogen and oxygen atoms in total. The van der Waals surface area contributed by atoms with Gasteiger partial charge in [-0.25, -0.2) is 4.39 Å². The molecule has 1 unspecified atom stereocenters. The van der Waals surface area contributed by atoms with Gasteiger partial charge in [0.15, 0.2) is 5.83 Å². The van der Waals surface area contributed by atoms with Crippen molar-refractivity contribution in [3.05, 3.63) is 36.7 Å². The lowest BCUT2D eigenvalue weighted by atomic mass is 9.51. The Hall–Kier alpha value is -0.990. The Bertz CT molecular complexity index is 469. The maximum atomic E-state index is 15.0. The molecule has 2 rings (SSSR count). The van der Waals surface area contributed by atoms with Gasteiger partial charge in [0.1, 0.15) is 0 Å². The van der Waals surface area contributed by atoms with Gasteiger partial charge in [0.2, 0.25) is 0 Å². The zero-order valence-electron chi connectivity index (χ0n) is 14.2. The highest BCUT2D eigenvalue weighted by Crippen LogP contribution is 2.63. The van der Waals surface area contributed by atoms with Gasteiger partial charge in [-0.3, -0.25) is 0 Å². The Kier molecular flexibility index (Phi) is 5.80. The van der Waals surface area contributed by atoms with E-state index in [0.29, 0.717) is 0 Å². The lowest BCUT2D eigenvalue weighted by Gasteiger charge is -2.54. The Morgan fingerprint density at radius 3 is 2.43 bits per heavy atom. The predicted octanol–water partition coefficient (Wildman–Crippen LogP) is 7.14. The van der Waals surface area contributed by atoms with Crippen molar-refractivity contribution < 1.29 is 13.2 Å². The molecule has 0 aliphatic heterocycles. The first-order valence-electron chi connectivity index (χ1n) is 9.03. The number of unbranched alkanes of at least 4 members (excludes halogenated alkanes) is 3. The summed E-state index contributed by atoms with van der Waals surface area (Å²) in [6.07, 6.45) is 14.6. The van der Waals surface area contributed by atoms with Gasteiger partial charge in [0.05, 0.1) is 5.41 Å². The van der Waals surface area contributed by atoms with Crippen LogP contribution in [0, 0.1) is 10.8 Å². The van der Waals surface area contributed by atoms with E-state index in [1.54, 1.807) is 0 Å². The number of halogens is 3. The van der Waals surface area contributed by atoms with Crippen molar-refractivity contribution in [2.75, 3.05) is 0 Å². The summed E-state index contributed by atoms with van der Waals surface area (Å²) in [5.41, 5.74) is -2.17. The van der Waals surface area contributed by atoms with Crippen LogP contribution < -0.4 is 0 Å². The minimum Gasteiger partial charge on any atom is -0.205 e. The molecule has 2 aliphatic carbocycles. The SMILES string of the molecule is C=CC1(C2(CCCCCC)CCCCC2)C=CC=C(F)C1(F)F. The summed E-state index contributed by atoms with van der Waals surface area (Å²) in [6.45, 7) is 5.86. The largest absolute Gasteiger partial charge is 0.311 e. The first kappa shape index (κ1) is 18.4. The van der Waals surface area contributed by atoms with E-state index in [1.807, 2.05) is 0 Å². The van der Waals surface area contributed by atoms with Crippen molar-refractivity contribution in [1.82, 2.24) is 0 Å². The molecule has 23 heavy (non-hydrogen) atoms. The van der Waals surface area contributed by atoms with Gasteiger partial charge in [0, 0.05) is 0 Å². The van der Waals surface area contributed by atoms with E-state index in [9.17, 15) is 13.2 Å². The zero-order chi connectivity index (χ0) is 17.0. The monoisotopic (exact) mass is 326 g/mol. The van der Waals surface area contributed by atoms with Crippen LogP contribution in [0.4, 0.5) is 13.2 Å². The fourth-order valence-corrected chi connectivity index (χ4v) is 4.60. The summed E-state index contributed by atoms with van der Waals surface area (Å²) in [6, 6.07) is 0. The summed E-state index contributed by atoms with van der Waals surface area (Å²) < 4.78 is 43.9. The normalized spacial score (nSPS) is 29.1. The summed E-state index contributed by atoms with van der Waals surface area (Å²) in [5.74, 6) is -4.82. The third-order valence-corrected chi connectivity index (χ3v) is 5.94. The summed E-state index contributed by atoms with van der Waals surface area (Å²) in [7, 11) is 0. The van der Waals surface area contributed by atoms with E-state index in [-0.39, 0.29) is 0 Å². The molecule has 0 aromatic rings. The standard InChI is InChI=1S/C20H29F3/c1-3-5-6-8-13-18(14-9-7-10-15-18)19(4-2)16-11-12-17(21)20(19,22)23/h4,11-12,16H,2-3,5-10,13-15H2,1H3. The second kappa shape index (κ2) is 7.27. The minimum atomic E-state index is -3.49. The van der Waals surface area contributed by atoms with Gasteiger partial charge in [0.25, 0.3) is 0 Å². The van der Waals surface area contributed by atoms with E-state index < -0.39 is 22.6 Å². The van der Waals surface area contributed by atoms with E-state index in [1.165, 1.54) is 18.2 Å². The first-order valence-corrected chi connectivity index (χ1v) is 9.03. The second-order valence-corrected chi connectivity index (χ2v) is 7.17.